The van der Waals surface area contributed by atoms with E-state index < -0.39 is 18.8 Å². The predicted octanol–water partition coefficient (Wildman–Crippen LogP) is 10.7. The molecule has 0 bridgehead atoms. The van der Waals surface area contributed by atoms with E-state index in [2.05, 4.69) is 25.2 Å². The van der Waals surface area contributed by atoms with Crippen molar-refractivity contribution in [3.05, 3.63) is 82.5 Å². The monoisotopic (exact) mass is 833 g/mol. The second-order valence-corrected chi connectivity index (χ2v) is 15.6. The number of fused-ring (bicyclic) bond motifs is 1. The summed E-state index contributed by atoms with van der Waals surface area (Å²) in [6, 6.07) is 17.6. The van der Waals surface area contributed by atoms with E-state index in [1.165, 1.54) is 38.0 Å². The van der Waals surface area contributed by atoms with Crippen LogP contribution in [-0.2, 0) is 9.59 Å². The standard InChI is InChI=1S/C40H45ClF2N2O5.C6H9NO2/c1-6-8-9-28(7-2)25-50-32-11-13-37-29(21-32)14-17-45(37)31-20-30(24-44)39(36(41)22-31)49-19-16-40(42,43)15-18-48-33-10-12-34(38(47)26(3)4)35(23-33)27(5)46;1-4-2-3-5(8)7-6(4)9/h10-14,17,20-23,26,28H,6-9,15-16,18-19,25H2,1-5H3;4H,2-3H2,1H3,(H,7,8,9). The van der Waals surface area contributed by atoms with Gasteiger partial charge >= 0.3 is 0 Å². The molecule has 59 heavy (non-hydrogen) atoms. The topological polar surface area (TPSA) is 137 Å². The van der Waals surface area contributed by atoms with Crippen LogP contribution in [0.15, 0.2) is 60.8 Å². The summed E-state index contributed by atoms with van der Waals surface area (Å²) in [4.78, 5) is 45.7. The Bertz CT molecular complexity index is 2160. The number of halogens is 3. The van der Waals surface area contributed by atoms with Crippen LogP contribution in [0.1, 0.15) is 119 Å². The van der Waals surface area contributed by atoms with Gasteiger partial charge in [-0.15, -0.1) is 0 Å². The molecule has 13 heteroatoms. The van der Waals surface area contributed by atoms with Crippen LogP contribution in [0.3, 0.4) is 0 Å². The Labute approximate surface area is 350 Å². The zero-order valence-electron chi connectivity index (χ0n) is 34.7. The third-order valence-corrected chi connectivity index (χ3v) is 10.5. The molecule has 1 aliphatic heterocycles. The molecule has 1 fully saturated rings. The Morgan fingerprint density at radius 1 is 0.983 bits per heavy atom. The molecule has 316 valence electrons. The summed E-state index contributed by atoms with van der Waals surface area (Å²) in [7, 11) is 0. The van der Waals surface area contributed by atoms with Gasteiger partial charge in [-0.3, -0.25) is 24.5 Å². The first kappa shape index (κ1) is 46.4. The van der Waals surface area contributed by atoms with Gasteiger partial charge < -0.3 is 18.8 Å². The maximum absolute atomic E-state index is 14.8. The number of carbonyl (C=O) groups excluding carboxylic acids is 4. The highest BCUT2D eigenvalue weighted by Crippen LogP contribution is 2.35. The molecule has 2 heterocycles. The lowest BCUT2D eigenvalue weighted by molar-refractivity contribution is -0.135. The number of nitriles is 1. The Morgan fingerprint density at radius 3 is 2.31 bits per heavy atom. The number of rotatable bonds is 19. The maximum Gasteiger partial charge on any atom is 0.254 e. The van der Waals surface area contributed by atoms with Crippen LogP contribution in [0.2, 0.25) is 5.02 Å². The number of hydrogen-bond acceptors (Lipinski definition) is 8. The highest BCUT2D eigenvalue weighted by molar-refractivity contribution is 6.32. The van der Waals surface area contributed by atoms with Gasteiger partial charge in [0.25, 0.3) is 5.92 Å². The van der Waals surface area contributed by atoms with Crippen molar-refractivity contribution in [2.45, 2.75) is 98.8 Å². The van der Waals surface area contributed by atoms with E-state index in [-0.39, 0.29) is 81.6 Å². The third-order valence-electron chi connectivity index (χ3n) is 10.2. The second kappa shape index (κ2) is 21.6. The number of benzene rings is 3. The Kier molecular flexibility index (Phi) is 17.0. The first-order valence-electron chi connectivity index (χ1n) is 20.2. The molecule has 1 aliphatic rings. The number of amides is 2. The minimum absolute atomic E-state index is 0.0164. The number of nitrogens with one attached hydrogen (secondary N) is 1. The van der Waals surface area contributed by atoms with Gasteiger partial charge in [0.15, 0.2) is 17.3 Å². The van der Waals surface area contributed by atoms with Crippen LogP contribution in [-0.4, -0.2) is 53.7 Å². The van der Waals surface area contributed by atoms with Gasteiger partial charge in [-0.1, -0.05) is 65.5 Å². The number of nitrogens with zero attached hydrogens (tertiary/aromatic N) is 2. The van der Waals surface area contributed by atoms with Crippen molar-refractivity contribution in [2.24, 2.45) is 17.8 Å². The van der Waals surface area contributed by atoms with Gasteiger partial charge in [-0.25, -0.2) is 8.78 Å². The van der Waals surface area contributed by atoms with Crippen LogP contribution in [0.25, 0.3) is 16.6 Å². The predicted molar refractivity (Wildman–Crippen MR) is 224 cm³/mol. The molecule has 2 amide bonds. The number of hydrogen-bond donors (Lipinski definition) is 1. The lowest BCUT2D eigenvalue weighted by Crippen LogP contribution is -2.39. The van der Waals surface area contributed by atoms with Gasteiger partial charge in [0.2, 0.25) is 11.8 Å². The molecule has 0 radical (unpaired) electrons. The summed E-state index contributed by atoms with van der Waals surface area (Å²) in [6.07, 6.45) is 6.40. The van der Waals surface area contributed by atoms with Crippen LogP contribution < -0.4 is 19.5 Å². The highest BCUT2D eigenvalue weighted by atomic mass is 35.5. The lowest BCUT2D eigenvalue weighted by atomic mass is 9.94. The van der Waals surface area contributed by atoms with Crippen molar-refractivity contribution >= 4 is 45.9 Å². The van der Waals surface area contributed by atoms with E-state index >= 15 is 0 Å². The SMILES string of the molecule is CC1CCC(=O)NC1=O.CCCCC(CC)COc1ccc2c(ccn2-c2cc(Cl)c(OCCC(F)(F)CCOc3ccc(C(=O)C(C)C)c(C(C)=O)c3)c(C#N)c2)c1. The van der Waals surface area contributed by atoms with E-state index in [0.717, 1.165) is 29.5 Å². The number of imide groups is 1. The molecule has 0 saturated carbocycles. The summed E-state index contributed by atoms with van der Waals surface area (Å²) in [5.41, 5.74) is 2.12. The minimum Gasteiger partial charge on any atom is -0.493 e. The van der Waals surface area contributed by atoms with Crippen LogP contribution in [0.5, 0.6) is 17.2 Å². The first-order chi connectivity index (χ1) is 28.1. The fraction of sp³-hybridized carbons (Fsp3) is 0.457. The van der Waals surface area contributed by atoms with Crippen molar-refractivity contribution in [1.29, 1.82) is 5.26 Å². The Balaban J connectivity index is 0.000000753. The van der Waals surface area contributed by atoms with Gasteiger partial charge in [0.05, 0.1) is 35.9 Å². The summed E-state index contributed by atoms with van der Waals surface area (Å²) in [5.74, 6) is -2.62. The minimum atomic E-state index is -3.14. The van der Waals surface area contributed by atoms with E-state index in [4.69, 9.17) is 25.8 Å². The van der Waals surface area contributed by atoms with Gasteiger partial charge in [-0.05, 0) is 80.3 Å². The number of alkyl halides is 2. The Morgan fingerprint density at radius 2 is 1.68 bits per heavy atom. The van der Waals surface area contributed by atoms with E-state index in [9.17, 15) is 33.2 Å². The Hall–Kier alpha value is -5.28. The molecule has 0 spiro atoms. The van der Waals surface area contributed by atoms with E-state index in [1.54, 1.807) is 26.0 Å². The molecule has 2 unspecified atom stereocenters. The summed E-state index contributed by atoms with van der Waals surface area (Å²) in [5, 5.41) is 13.2. The number of piperidine rings is 1. The van der Waals surface area contributed by atoms with Gasteiger partial charge in [0, 0.05) is 59.5 Å². The van der Waals surface area contributed by atoms with Crippen LogP contribution in [0.4, 0.5) is 8.78 Å². The largest absolute Gasteiger partial charge is 0.493 e. The number of ketones is 2. The molecule has 4 aromatic rings. The molecule has 0 aliphatic carbocycles. The van der Waals surface area contributed by atoms with Gasteiger partial charge in [0.1, 0.15) is 17.6 Å². The number of ether oxygens (including phenoxy) is 3. The molecule has 1 aromatic heterocycles. The van der Waals surface area contributed by atoms with Crippen molar-refractivity contribution in [1.82, 2.24) is 9.88 Å². The fourth-order valence-corrected chi connectivity index (χ4v) is 6.74. The van der Waals surface area contributed by atoms with E-state index in [0.29, 0.717) is 31.1 Å². The lowest BCUT2D eigenvalue weighted by Gasteiger charge is -2.18. The molecular weight excluding hydrogens is 780 g/mol. The first-order valence-corrected chi connectivity index (χ1v) is 20.6. The maximum atomic E-state index is 14.8. The number of aromatic nitrogens is 1. The third kappa shape index (κ3) is 13.1. The molecule has 2 atom stereocenters. The molecular formula is C46H54ClF2N3O7. The highest BCUT2D eigenvalue weighted by Gasteiger charge is 2.29. The summed E-state index contributed by atoms with van der Waals surface area (Å²) < 4.78 is 48.7. The summed E-state index contributed by atoms with van der Waals surface area (Å²) in [6.45, 7) is 11.0. The average Bonchev–Trinajstić information content (AvgIpc) is 3.63. The van der Waals surface area contributed by atoms with E-state index in [1.807, 2.05) is 42.0 Å². The average molecular weight is 834 g/mol. The zero-order chi connectivity index (χ0) is 43.3. The van der Waals surface area contributed by atoms with Crippen LogP contribution in [0, 0.1) is 29.1 Å². The number of Topliss-reactive ketones (excluding diaryl/α,β-unsaturated/α-hetero) is 2. The van der Waals surface area contributed by atoms with Crippen molar-refractivity contribution < 1.29 is 42.2 Å². The molecule has 3 aromatic carbocycles. The molecule has 1 N–H and O–H groups in total. The number of carbonyl (C=O) groups is 4. The zero-order valence-corrected chi connectivity index (χ0v) is 35.4. The molecule has 1 saturated heterocycles. The van der Waals surface area contributed by atoms with Crippen molar-refractivity contribution in [2.75, 3.05) is 19.8 Å². The second-order valence-electron chi connectivity index (χ2n) is 15.2. The number of unbranched alkanes of at least 4 members (excludes halogenated alkanes) is 1. The van der Waals surface area contributed by atoms with Crippen molar-refractivity contribution in [3.8, 4) is 29.0 Å². The molecule has 5 rings (SSSR count). The molecule has 10 nitrogen and oxygen atoms in total. The van der Waals surface area contributed by atoms with Gasteiger partial charge in [-0.2, -0.15) is 5.26 Å². The quantitative estimate of drug-likeness (QED) is 0.0728. The normalized spacial score (nSPS) is 14.6. The van der Waals surface area contributed by atoms with Crippen LogP contribution >= 0.6 is 11.6 Å². The van der Waals surface area contributed by atoms with Crippen molar-refractivity contribution in [3.63, 3.8) is 0 Å². The smallest absolute Gasteiger partial charge is 0.254 e. The fourth-order valence-electron chi connectivity index (χ4n) is 6.47. The summed E-state index contributed by atoms with van der Waals surface area (Å²) >= 11 is 6.55.